The van der Waals surface area contributed by atoms with Crippen LogP contribution in [0.25, 0.3) is 22.2 Å². The second-order valence-electron chi connectivity index (χ2n) is 9.39. The molecule has 5 rings (SSSR count). The highest BCUT2D eigenvalue weighted by atomic mass is 19.4. The van der Waals surface area contributed by atoms with E-state index in [0.29, 0.717) is 12.3 Å². The summed E-state index contributed by atoms with van der Waals surface area (Å²) in [6, 6.07) is 15.2. The number of rotatable bonds is 7. The molecule has 0 bridgehead atoms. The fourth-order valence-corrected chi connectivity index (χ4v) is 4.58. The number of alkyl halides is 3. The Bertz CT molecular complexity index is 1420. The molecular formula is C28H28F3N5O2. The van der Waals surface area contributed by atoms with Gasteiger partial charge in [0, 0.05) is 61.3 Å². The number of carbonyl (C=O) groups is 1. The Morgan fingerprint density at radius 1 is 1.13 bits per heavy atom. The summed E-state index contributed by atoms with van der Waals surface area (Å²) in [5.41, 5.74) is 2.21. The van der Waals surface area contributed by atoms with Gasteiger partial charge in [-0.3, -0.25) is 9.69 Å². The Labute approximate surface area is 218 Å². The van der Waals surface area contributed by atoms with Crippen LogP contribution in [0.15, 0.2) is 67.0 Å². The molecule has 1 fully saturated rings. The minimum atomic E-state index is -4.53. The van der Waals surface area contributed by atoms with Crippen molar-refractivity contribution < 1.29 is 22.7 Å². The average Bonchev–Trinajstić information content (AvgIpc) is 3.37. The molecule has 10 heteroatoms. The van der Waals surface area contributed by atoms with Gasteiger partial charge in [0.25, 0.3) is 5.91 Å². The fourth-order valence-electron chi connectivity index (χ4n) is 4.58. The number of pyridine rings is 1. The van der Waals surface area contributed by atoms with E-state index in [-0.39, 0.29) is 30.4 Å². The third kappa shape index (κ3) is 5.98. The van der Waals surface area contributed by atoms with Crippen molar-refractivity contribution in [2.24, 2.45) is 0 Å². The maximum atomic E-state index is 13.8. The molecule has 1 saturated heterocycles. The van der Waals surface area contributed by atoms with Gasteiger partial charge >= 0.3 is 6.18 Å². The second kappa shape index (κ2) is 10.8. The van der Waals surface area contributed by atoms with Crippen LogP contribution in [-0.2, 0) is 17.5 Å². The first-order valence-electron chi connectivity index (χ1n) is 12.4. The maximum Gasteiger partial charge on any atom is 0.416 e. The molecule has 1 atom stereocenters. The van der Waals surface area contributed by atoms with Gasteiger partial charge in [0.2, 0.25) is 0 Å². The maximum absolute atomic E-state index is 13.8. The number of anilines is 1. The quantitative estimate of drug-likeness (QED) is 0.316. The van der Waals surface area contributed by atoms with Crippen LogP contribution in [0.5, 0.6) is 5.75 Å². The predicted octanol–water partition coefficient (Wildman–Crippen LogP) is 5.06. The minimum absolute atomic E-state index is 0.0750. The normalized spacial score (nSPS) is 16.5. The van der Waals surface area contributed by atoms with Crippen molar-refractivity contribution in [3.8, 4) is 16.9 Å². The second-order valence-corrected chi connectivity index (χ2v) is 9.39. The number of carbonyl (C=O) groups excluding carboxylic acids is 1. The van der Waals surface area contributed by atoms with Gasteiger partial charge in [0.15, 0.2) is 6.61 Å². The predicted molar refractivity (Wildman–Crippen MR) is 140 cm³/mol. The van der Waals surface area contributed by atoms with E-state index in [0.717, 1.165) is 41.3 Å². The highest BCUT2D eigenvalue weighted by molar-refractivity contribution is 5.92. The highest BCUT2D eigenvalue weighted by Gasteiger charge is 2.34. The van der Waals surface area contributed by atoms with E-state index in [2.05, 4.69) is 20.6 Å². The van der Waals surface area contributed by atoms with Crippen LogP contribution in [0.3, 0.4) is 0 Å². The molecule has 0 saturated carbocycles. The topological polar surface area (TPSA) is 82.3 Å². The van der Waals surface area contributed by atoms with Gasteiger partial charge < -0.3 is 20.4 Å². The number of aromatic nitrogens is 2. The lowest BCUT2D eigenvalue weighted by molar-refractivity contribution is -0.138. The van der Waals surface area contributed by atoms with Gasteiger partial charge in [-0.15, -0.1) is 0 Å². The molecule has 4 aromatic rings. The molecule has 0 unspecified atom stereocenters. The summed E-state index contributed by atoms with van der Waals surface area (Å²) in [6.07, 6.45) is -0.935. The third-order valence-electron chi connectivity index (χ3n) is 6.67. The SMILES string of the molecule is C[C@H]1CNCCN1Cc1ccc(NC(=O)COc2ccc(-c3cnc4[nH]ccc4c3)cc2)cc1C(F)(F)F. The monoisotopic (exact) mass is 523 g/mol. The lowest BCUT2D eigenvalue weighted by Crippen LogP contribution is -2.49. The summed E-state index contributed by atoms with van der Waals surface area (Å²) in [7, 11) is 0. The van der Waals surface area contributed by atoms with Crippen LogP contribution in [0.2, 0.25) is 0 Å². The van der Waals surface area contributed by atoms with Gasteiger partial charge in [-0.05, 0) is 54.4 Å². The third-order valence-corrected chi connectivity index (χ3v) is 6.67. The van der Waals surface area contributed by atoms with E-state index in [1.165, 1.54) is 12.1 Å². The van der Waals surface area contributed by atoms with E-state index in [4.69, 9.17) is 4.74 Å². The number of amides is 1. The number of nitrogens with zero attached hydrogens (tertiary/aromatic N) is 2. The van der Waals surface area contributed by atoms with Crippen LogP contribution >= 0.6 is 0 Å². The molecule has 198 valence electrons. The number of hydrogen-bond acceptors (Lipinski definition) is 5. The Morgan fingerprint density at radius 2 is 1.95 bits per heavy atom. The number of fused-ring (bicyclic) bond motifs is 1. The first-order chi connectivity index (χ1) is 18.3. The van der Waals surface area contributed by atoms with Gasteiger partial charge in [0.05, 0.1) is 5.56 Å². The Morgan fingerprint density at radius 3 is 2.71 bits per heavy atom. The van der Waals surface area contributed by atoms with Crippen molar-refractivity contribution in [3.05, 3.63) is 78.1 Å². The Hall–Kier alpha value is -3.89. The number of aromatic amines is 1. The molecule has 2 aromatic heterocycles. The fraction of sp³-hybridized carbons (Fsp3) is 0.286. The van der Waals surface area contributed by atoms with Crippen molar-refractivity contribution in [3.63, 3.8) is 0 Å². The first-order valence-corrected chi connectivity index (χ1v) is 12.4. The zero-order chi connectivity index (χ0) is 26.7. The molecule has 1 aliphatic heterocycles. The molecule has 2 aromatic carbocycles. The van der Waals surface area contributed by atoms with E-state index >= 15 is 0 Å². The summed E-state index contributed by atoms with van der Waals surface area (Å²) in [6.45, 7) is 4.00. The summed E-state index contributed by atoms with van der Waals surface area (Å²) < 4.78 is 47.0. The summed E-state index contributed by atoms with van der Waals surface area (Å²) in [5, 5.41) is 6.75. The van der Waals surface area contributed by atoms with E-state index in [1.54, 1.807) is 18.3 Å². The number of nitrogens with one attached hydrogen (secondary N) is 3. The molecule has 0 aliphatic carbocycles. The molecule has 1 amide bonds. The van der Waals surface area contributed by atoms with Crippen LogP contribution in [0.1, 0.15) is 18.1 Å². The Balaban J connectivity index is 1.20. The lowest BCUT2D eigenvalue weighted by atomic mass is 10.0. The Kier molecular flexibility index (Phi) is 7.35. The van der Waals surface area contributed by atoms with Crippen LogP contribution in [-0.4, -0.2) is 53.1 Å². The molecular weight excluding hydrogens is 495 g/mol. The zero-order valence-corrected chi connectivity index (χ0v) is 20.8. The van der Waals surface area contributed by atoms with Crippen molar-refractivity contribution in [1.82, 2.24) is 20.2 Å². The number of piperazine rings is 1. The summed E-state index contributed by atoms with van der Waals surface area (Å²) in [5.74, 6) is -0.0798. The highest BCUT2D eigenvalue weighted by Crippen LogP contribution is 2.35. The molecule has 3 N–H and O–H groups in total. The van der Waals surface area contributed by atoms with Crippen molar-refractivity contribution in [1.29, 1.82) is 0 Å². The van der Waals surface area contributed by atoms with Crippen LogP contribution < -0.4 is 15.4 Å². The van der Waals surface area contributed by atoms with Gasteiger partial charge in [-0.25, -0.2) is 4.98 Å². The lowest BCUT2D eigenvalue weighted by Gasteiger charge is -2.34. The van der Waals surface area contributed by atoms with Crippen molar-refractivity contribution in [2.45, 2.75) is 25.7 Å². The molecule has 3 heterocycles. The largest absolute Gasteiger partial charge is 0.484 e. The van der Waals surface area contributed by atoms with Gasteiger partial charge in [-0.1, -0.05) is 18.2 Å². The smallest absolute Gasteiger partial charge is 0.416 e. The number of halogens is 3. The van der Waals surface area contributed by atoms with Crippen molar-refractivity contribution in [2.75, 3.05) is 31.6 Å². The van der Waals surface area contributed by atoms with Gasteiger partial charge in [-0.2, -0.15) is 13.2 Å². The molecule has 0 radical (unpaired) electrons. The van der Waals surface area contributed by atoms with Gasteiger partial charge in [0.1, 0.15) is 11.4 Å². The van der Waals surface area contributed by atoms with Crippen LogP contribution in [0, 0.1) is 0 Å². The number of hydrogen-bond donors (Lipinski definition) is 3. The summed E-state index contributed by atoms with van der Waals surface area (Å²) >= 11 is 0. The van der Waals surface area contributed by atoms with E-state index in [1.807, 2.05) is 42.3 Å². The molecule has 38 heavy (non-hydrogen) atoms. The van der Waals surface area contributed by atoms with Crippen LogP contribution in [0.4, 0.5) is 18.9 Å². The molecule has 0 spiro atoms. The number of H-pyrrole nitrogens is 1. The van der Waals surface area contributed by atoms with Crippen molar-refractivity contribution >= 4 is 22.6 Å². The zero-order valence-electron chi connectivity index (χ0n) is 20.8. The average molecular weight is 524 g/mol. The molecule has 7 nitrogen and oxygen atoms in total. The van der Waals surface area contributed by atoms with E-state index < -0.39 is 17.6 Å². The minimum Gasteiger partial charge on any atom is -0.484 e. The number of benzene rings is 2. The summed E-state index contributed by atoms with van der Waals surface area (Å²) in [4.78, 5) is 21.9. The number of ether oxygens (including phenoxy) is 1. The standard InChI is InChI=1S/C28H28F3N5O2/c1-18-14-32-10-11-36(18)16-21-2-5-23(13-25(21)28(29,30)31)35-26(37)17-38-24-6-3-19(4-7-24)22-12-20-8-9-33-27(20)34-15-22/h2-9,12-13,15,18,32H,10-11,14,16-17H2,1H3,(H,33,34)(H,35,37)/t18-/m0/s1. The first kappa shape index (κ1) is 25.7. The van der Waals surface area contributed by atoms with E-state index in [9.17, 15) is 18.0 Å². The molecule has 1 aliphatic rings.